The van der Waals surface area contributed by atoms with E-state index in [0.717, 1.165) is 16.1 Å². The molecule has 0 spiro atoms. The molecule has 0 atom stereocenters. The number of anilines is 2. The number of hydrogen-bond donors (Lipinski definition) is 1. The summed E-state index contributed by atoms with van der Waals surface area (Å²) in [6, 6.07) is 11.7. The smallest absolute Gasteiger partial charge is 0.232 e. The van der Waals surface area contributed by atoms with E-state index in [9.17, 15) is 13.2 Å². The Labute approximate surface area is 199 Å². The highest BCUT2D eigenvalue weighted by molar-refractivity contribution is 7.92. The molecule has 31 heavy (non-hydrogen) atoms. The fourth-order valence-electron chi connectivity index (χ4n) is 2.69. The summed E-state index contributed by atoms with van der Waals surface area (Å²) in [6.45, 7) is 0.0679. The molecule has 0 bridgehead atoms. The number of benzene rings is 2. The van der Waals surface area contributed by atoms with Crippen molar-refractivity contribution in [2.75, 3.05) is 22.4 Å². The van der Waals surface area contributed by atoms with Gasteiger partial charge in [0.15, 0.2) is 0 Å². The molecule has 1 heterocycles. The largest absolute Gasteiger partial charge is 0.301 e. The Morgan fingerprint density at radius 1 is 1.06 bits per heavy atom. The predicted molar refractivity (Wildman–Crippen MR) is 127 cm³/mol. The van der Waals surface area contributed by atoms with Gasteiger partial charge in [0, 0.05) is 28.6 Å². The maximum absolute atomic E-state index is 12.3. The molecule has 164 valence electrons. The minimum atomic E-state index is -3.62. The maximum atomic E-state index is 12.3. The molecule has 3 aromatic rings. The Morgan fingerprint density at radius 3 is 2.42 bits per heavy atom. The standard InChI is InChI=1S/C19H17Cl3N4O3S2/c1-31(28,29)26(16-11-14(21)8-9-15(16)22)10-2-3-17(27)23-19-25-24-18(30-19)12-4-6-13(20)7-5-12/h4-9,11H,2-3,10H2,1H3,(H,23,25,27). The second-order valence-electron chi connectivity index (χ2n) is 6.50. The van der Waals surface area contributed by atoms with Crippen molar-refractivity contribution >= 4 is 72.9 Å². The summed E-state index contributed by atoms with van der Waals surface area (Å²) in [4.78, 5) is 12.3. The lowest BCUT2D eigenvalue weighted by atomic mass is 10.2. The Hall–Kier alpha value is -1.91. The molecule has 1 amide bonds. The average Bonchev–Trinajstić information content (AvgIpc) is 3.15. The van der Waals surface area contributed by atoms with Gasteiger partial charge in [-0.2, -0.15) is 0 Å². The van der Waals surface area contributed by atoms with Gasteiger partial charge in [0.25, 0.3) is 0 Å². The zero-order valence-corrected chi connectivity index (χ0v) is 20.1. The number of aromatic nitrogens is 2. The fourth-order valence-corrected chi connectivity index (χ4v) is 4.99. The van der Waals surface area contributed by atoms with E-state index in [1.165, 1.54) is 23.5 Å². The summed E-state index contributed by atoms with van der Waals surface area (Å²) in [7, 11) is -3.62. The highest BCUT2D eigenvalue weighted by Crippen LogP contribution is 2.31. The maximum Gasteiger partial charge on any atom is 0.232 e. The molecule has 0 unspecified atom stereocenters. The van der Waals surface area contributed by atoms with Crippen LogP contribution in [0.4, 0.5) is 10.8 Å². The Bertz CT molecular complexity index is 1180. The van der Waals surface area contributed by atoms with E-state index in [2.05, 4.69) is 15.5 Å². The van der Waals surface area contributed by atoms with Crippen LogP contribution in [-0.2, 0) is 14.8 Å². The number of nitrogens with one attached hydrogen (secondary N) is 1. The molecule has 2 aromatic carbocycles. The fraction of sp³-hybridized carbons (Fsp3) is 0.211. The van der Waals surface area contributed by atoms with Crippen molar-refractivity contribution in [2.45, 2.75) is 12.8 Å². The summed E-state index contributed by atoms with van der Waals surface area (Å²) in [6.07, 6.45) is 1.43. The molecule has 0 saturated heterocycles. The first-order valence-electron chi connectivity index (χ1n) is 8.95. The zero-order chi connectivity index (χ0) is 22.6. The second kappa shape index (κ2) is 10.1. The van der Waals surface area contributed by atoms with Gasteiger partial charge < -0.3 is 5.32 Å². The van der Waals surface area contributed by atoms with Gasteiger partial charge in [-0.1, -0.05) is 58.3 Å². The molecule has 0 aliphatic rings. The van der Waals surface area contributed by atoms with E-state index in [1.807, 2.05) is 12.1 Å². The van der Waals surface area contributed by atoms with Crippen LogP contribution in [0.25, 0.3) is 10.6 Å². The lowest BCUT2D eigenvalue weighted by molar-refractivity contribution is -0.116. The van der Waals surface area contributed by atoms with Gasteiger partial charge in [0.1, 0.15) is 5.01 Å². The van der Waals surface area contributed by atoms with Crippen LogP contribution in [0.2, 0.25) is 15.1 Å². The van der Waals surface area contributed by atoms with Gasteiger partial charge in [-0.15, -0.1) is 10.2 Å². The molecule has 3 rings (SSSR count). The Balaban J connectivity index is 1.60. The highest BCUT2D eigenvalue weighted by atomic mass is 35.5. The number of nitrogens with zero attached hydrogens (tertiary/aromatic N) is 3. The number of sulfonamides is 1. The molecule has 0 saturated carbocycles. The molecular weight excluding hydrogens is 503 g/mol. The first-order valence-corrected chi connectivity index (χ1v) is 12.8. The van der Waals surface area contributed by atoms with Crippen LogP contribution in [0.1, 0.15) is 12.8 Å². The second-order valence-corrected chi connectivity index (χ2v) is 10.7. The molecule has 0 fully saturated rings. The molecule has 7 nitrogen and oxygen atoms in total. The topological polar surface area (TPSA) is 92.3 Å². The van der Waals surface area contributed by atoms with E-state index < -0.39 is 10.0 Å². The molecule has 0 aliphatic heterocycles. The summed E-state index contributed by atoms with van der Waals surface area (Å²) >= 11 is 19.2. The van der Waals surface area contributed by atoms with Gasteiger partial charge >= 0.3 is 0 Å². The SMILES string of the molecule is CS(=O)(=O)N(CCCC(=O)Nc1nnc(-c2ccc(Cl)cc2)s1)c1cc(Cl)ccc1Cl. The number of halogens is 3. The van der Waals surface area contributed by atoms with Gasteiger partial charge in [0.05, 0.1) is 17.0 Å². The first-order chi connectivity index (χ1) is 14.6. The van der Waals surface area contributed by atoms with Crippen molar-refractivity contribution < 1.29 is 13.2 Å². The van der Waals surface area contributed by atoms with Crippen molar-refractivity contribution in [2.24, 2.45) is 0 Å². The van der Waals surface area contributed by atoms with Crippen molar-refractivity contribution in [3.8, 4) is 10.6 Å². The van der Waals surface area contributed by atoms with Crippen LogP contribution < -0.4 is 9.62 Å². The van der Waals surface area contributed by atoms with E-state index in [-0.39, 0.29) is 36.0 Å². The minimum absolute atomic E-state index is 0.0679. The van der Waals surface area contributed by atoms with E-state index in [1.54, 1.807) is 18.2 Å². The third kappa shape index (κ3) is 6.54. The number of rotatable bonds is 8. The summed E-state index contributed by atoms with van der Waals surface area (Å²) in [5.41, 5.74) is 1.11. The molecule has 1 N–H and O–H groups in total. The monoisotopic (exact) mass is 518 g/mol. The van der Waals surface area contributed by atoms with Crippen molar-refractivity contribution in [1.82, 2.24) is 10.2 Å². The van der Waals surface area contributed by atoms with Crippen LogP contribution in [0.5, 0.6) is 0 Å². The lowest BCUT2D eigenvalue weighted by Crippen LogP contribution is -2.31. The van der Waals surface area contributed by atoms with Gasteiger partial charge in [0.2, 0.25) is 21.1 Å². The van der Waals surface area contributed by atoms with E-state index >= 15 is 0 Å². The first kappa shape index (κ1) is 23.7. The molecular formula is C19H17Cl3N4O3S2. The van der Waals surface area contributed by atoms with Crippen molar-refractivity contribution in [1.29, 1.82) is 0 Å². The third-order valence-electron chi connectivity index (χ3n) is 4.10. The Morgan fingerprint density at radius 2 is 1.74 bits per heavy atom. The summed E-state index contributed by atoms with van der Waals surface area (Å²) < 4.78 is 25.6. The van der Waals surface area contributed by atoms with Crippen LogP contribution in [-0.4, -0.2) is 37.3 Å². The number of amides is 1. The third-order valence-corrected chi connectivity index (χ3v) is 6.98. The van der Waals surface area contributed by atoms with Crippen LogP contribution >= 0.6 is 46.1 Å². The number of carbonyl (C=O) groups excluding carboxylic acids is 1. The number of hydrogen-bond acceptors (Lipinski definition) is 6. The van der Waals surface area contributed by atoms with E-state index in [0.29, 0.717) is 20.2 Å². The average molecular weight is 520 g/mol. The molecule has 1 aromatic heterocycles. The summed E-state index contributed by atoms with van der Waals surface area (Å²) in [5, 5.41) is 12.9. The van der Waals surface area contributed by atoms with Crippen LogP contribution in [0.15, 0.2) is 42.5 Å². The Kier molecular flexibility index (Phi) is 7.77. The van der Waals surface area contributed by atoms with Crippen LogP contribution in [0, 0.1) is 0 Å². The van der Waals surface area contributed by atoms with Crippen LogP contribution in [0.3, 0.4) is 0 Å². The predicted octanol–water partition coefficient (Wildman–Crippen LogP) is 5.35. The highest BCUT2D eigenvalue weighted by Gasteiger charge is 2.21. The quantitative estimate of drug-likeness (QED) is 0.433. The molecule has 12 heteroatoms. The van der Waals surface area contributed by atoms with Gasteiger partial charge in [-0.3, -0.25) is 9.10 Å². The van der Waals surface area contributed by atoms with Gasteiger partial charge in [-0.05, 0) is 36.8 Å². The normalized spacial score (nSPS) is 11.4. The van der Waals surface area contributed by atoms with Gasteiger partial charge in [-0.25, -0.2) is 8.42 Å². The lowest BCUT2D eigenvalue weighted by Gasteiger charge is -2.23. The van der Waals surface area contributed by atoms with Crippen molar-refractivity contribution in [3.63, 3.8) is 0 Å². The molecule has 0 aliphatic carbocycles. The zero-order valence-electron chi connectivity index (χ0n) is 16.2. The van der Waals surface area contributed by atoms with Crippen molar-refractivity contribution in [3.05, 3.63) is 57.5 Å². The summed E-state index contributed by atoms with van der Waals surface area (Å²) in [5.74, 6) is -0.301. The number of carbonyl (C=O) groups is 1. The van der Waals surface area contributed by atoms with E-state index in [4.69, 9.17) is 34.8 Å². The molecule has 0 radical (unpaired) electrons. The minimum Gasteiger partial charge on any atom is -0.301 e.